The van der Waals surface area contributed by atoms with Crippen molar-refractivity contribution < 1.29 is 18.0 Å². The molecule has 7 heteroatoms. The van der Waals surface area contributed by atoms with E-state index in [1.54, 1.807) is 0 Å². The maximum atomic E-state index is 13.8. The Morgan fingerprint density at radius 3 is 2.76 bits per heavy atom. The Bertz CT molecular complexity index is 704. The van der Waals surface area contributed by atoms with Crippen LogP contribution in [0.2, 0.25) is 0 Å². The smallest absolute Gasteiger partial charge is 0.260 e. The lowest BCUT2D eigenvalue weighted by Crippen LogP contribution is -2.15. The van der Waals surface area contributed by atoms with E-state index in [2.05, 4.69) is 10.1 Å². The molecule has 2 fully saturated rings. The second-order valence-electron chi connectivity index (χ2n) is 5.53. The quantitative estimate of drug-likeness (QED) is 0.862. The molecule has 1 aromatic heterocycles. The summed E-state index contributed by atoms with van der Waals surface area (Å²) in [5.74, 6) is -0.975. The van der Waals surface area contributed by atoms with Crippen molar-refractivity contribution in [3.8, 4) is 11.5 Å². The summed E-state index contributed by atoms with van der Waals surface area (Å²) in [5, 5.41) is 3.92. The van der Waals surface area contributed by atoms with E-state index in [0.29, 0.717) is 5.82 Å². The van der Waals surface area contributed by atoms with Crippen LogP contribution in [0, 0.1) is 11.6 Å². The number of rotatable bonds is 2. The molecule has 2 aliphatic heterocycles. The molecule has 0 aliphatic carbocycles. The van der Waals surface area contributed by atoms with Crippen molar-refractivity contribution in [3.05, 3.63) is 29.6 Å². The maximum Gasteiger partial charge on any atom is 0.260 e. The fourth-order valence-corrected chi connectivity index (χ4v) is 3.13. The summed E-state index contributed by atoms with van der Waals surface area (Å²) in [6.45, 7) is 0. The molecule has 4 rings (SSSR count). The molecular formula is C14H13F2N3O2. The van der Waals surface area contributed by atoms with Crippen LogP contribution in [-0.4, -0.2) is 22.3 Å². The van der Waals surface area contributed by atoms with E-state index in [-0.39, 0.29) is 35.3 Å². The van der Waals surface area contributed by atoms with Crippen LogP contribution < -0.4 is 5.73 Å². The van der Waals surface area contributed by atoms with Crippen LogP contribution in [0.15, 0.2) is 16.7 Å². The molecule has 0 amide bonds. The van der Waals surface area contributed by atoms with Gasteiger partial charge in [-0.2, -0.15) is 4.98 Å². The summed E-state index contributed by atoms with van der Waals surface area (Å²) < 4.78 is 37.8. The van der Waals surface area contributed by atoms with Gasteiger partial charge in [-0.1, -0.05) is 5.16 Å². The number of hydrogen-bond donors (Lipinski definition) is 1. The highest BCUT2D eigenvalue weighted by atomic mass is 19.1. The van der Waals surface area contributed by atoms with Gasteiger partial charge in [0.15, 0.2) is 5.82 Å². The molecule has 3 unspecified atom stereocenters. The maximum absolute atomic E-state index is 13.8. The van der Waals surface area contributed by atoms with E-state index < -0.39 is 11.6 Å². The number of aromatic nitrogens is 2. The van der Waals surface area contributed by atoms with E-state index in [9.17, 15) is 8.78 Å². The number of anilines is 1. The van der Waals surface area contributed by atoms with Gasteiger partial charge in [-0.05, 0) is 25.3 Å². The van der Waals surface area contributed by atoms with Crippen LogP contribution in [-0.2, 0) is 4.74 Å². The van der Waals surface area contributed by atoms with Crippen LogP contribution in [0.1, 0.15) is 31.0 Å². The highest BCUT2D eigenvalue weighted by Crippen LogP contribution is 2.43. The van der Waals surface area contributed by atoms with Crippen LogP contribution in [0.3, 0.4) is 0 Å². The van der Waals surface area contributed by atoms with Crippen LogP contribution in [0.5, 0.6) is 0 Å². The van der Waals surface area contributed by atoms with E-state index in [1.165, 1.54) is 6.07 Å². The minimum absolute atomic E-state index is 0.0109. The number of ether oxygens (including phenoxy) is 1. The highest BCUT2D eigenvalue weighted by Gasteiger charge is 2.43. The molecule has 110 valence electrons. The Kier molecular flexibility index (Phi) is 2.72. The van der Waals surface area contributed by atoms with Gasteiger partial charge in [0, 0.05) is 6.07 Å². The molecule has 2 bridgehead atoms. The lowest BCUT2D eigenvalue weighted by molar-refractivity contribution is 0.0996. The summed E-state index contributed by atoms with van der Waals surface area (Å²) in [4.78, 5) is 4.24. The zero-order valence-corrected chi connectivity index (χ0v) is 11.1. The highest BCUT2D eigenvalue weighted by molar-refractivity contribution is 5.61. The van der Waals surface area contributed by atoms with Crippen molar-refractivity contribution in [2.75, 3.05) is 5.73 Å². The number of benzene rings is 1. The topological polar surface area (TPSA) is 74.2 Å². The first-order valence-corrected chi connectivity index (χ1v) is 6.86. The first kappa shape index (κ1) is 12.7. The molecule has 5 nitrogen and oxygen atoms in total. The van der Waals surface area contributed by atoms with E-state index in [4.69, 9.17) is 15.0 Å². The molecule has 2 saturated heterocycles. The molecule has 3 atom stereocenters. The van der Waals surface area contributed by atoms with Crippen molar-refractivity contribution in [1.29, 1.82) is 0 Å². The normalized spacial score (nSPS) is 27.4. The third kappa shape index (κ3) is 1.99. The summed E-state index contributed by atoms with van der Waals surface area (Å²) in [6, 6.07) is 1.88. The van der Waals surface area contributed by atoms with Gasteiger partial charge in [0.1, 0.15) is 11.6 Å². The summed E-state index contributed by atoms with van der Waals surface area (Å²) in [5.41, 5.74) is 5.31. The van der Waals surface area contributed by atoms with E-state index >= 15 is 0 Å². The molecule has 3 heterocycles. The van der Waals surface area contributed by atoms with Crippen LogP contribution in [0.4, 0.5) is 14.5 Å². The molecule has 1 aromatic carbocycles. The Balaban J connectivity index is 1.67. The lowest BCUT2D eigenvalue weighted by Gasteiger charge is -2.13. The Morgan fingerprint density at radius 2 is 2.05 bits per heavy atom. The average Bonchev–Trinajstić information content (AvgIpc) is 3.17. The van der Waals surface area contributed by atoms with Gasteiger partial charge >= 0.3 is 0 Å². The van der Waals surface area contributed by atoms with Gasteiger partial charge in [-0.3, -0.25) is 0 Å². The first-order chi connectivity index (χ1) is 10.1. The average molecular weight is 293 g/mol. The summed E-state index contributed by atoms with van der Waals surface area (Å²) in [7, 11) is 0. The zero-order valence-electron chi connectivity index (χ0n) is 11.1. The number of nitrogen functional groups attached to an aromatic ring is 1. The number of hydrogen-bond acceptors (Lipinski definition) is 5. The summed E-state index contributed by atoms with van der Waals surface area (Å²) in [6.07, 6.45) is 3.28. The fraction of sp³-hybridized carbons (Fsp3) is 0.429. The van der Waals surface area contributed by atoms with Crippen LogP contribution in [0.25, 0.3) is 11.5 Å². The number of nitrogens with zero attached hydrogens (tertiary/aromatic N) is 2. The van der Waals surface area contributed by atoms with Crippen molar-refractivity contribution in [3.63, 3.8) is 0 Å². The van der Waals surface area contributed by atoms with Gasteiger partial charge in [0.05, 0.1) is 29.4 Å². The number of fused-ring (bicyclic) bond motifs is 2. The molecular weight excluding hydrogens is 280 g/mol. The number of nitrogens with two attached hydrogens (primary N) is 1. The molecule has 2 aromatic rings. The third-order valence-electron chi connectivity index (χ3n) is 4.20. The predicted molar refractivity (Wildman–Crippen MR) is 69.3 cm³/mol. The van der Waals surface area contributed by atoms with Gasteiger partial charge in [0.25, 0.3) is 5.89 Å². The minimum atomic E-state index is -0.808. The van der Waals surface area contributed by atoms with Crippen molar-refractivity contribution in [2.24, 2.45) is 0 Å². The lowest BCUT2D eigenvalue weighted by atomic mass is 9.89. The van der Waals surface area contributed by atoms with Gasteiger partial charge in [-0.15, -0.1) is 0 Å². The minimum Gasteiger partial charge on any atom is -0.396 e. The van der Waals surface area contributed by atoms with Gasteiger partial charge in [-0.25, -0.2) is 8.78 Å². The van der Waals surface area contributed by atoms with E-state index in [1.807, 2.05) is 0 Å². The molecule has 2 aliphatic rings. The molecule has 2 N–H and O–H groups in total. The van der Waals surface area contributed by atoms with Crippen LogP contribution >= 0.6 is 0 Å². The monoisotopic (exact) mass is 293 g/mol. The molecule has 0 spiro atoms. The molecule has 21 heavy (non-hydrogen) atoms. The second-order valence-corrected chi connectivity index (χ2v) is 5.53. The standard InChI is InChI=1S/C14H13F2N3O2/c15-9-5-10(16)11(17)4-7(9)14-18-13(19-21-14)8-3-6-1-2-12(8)20-6/h4-6,8,12H,1-3,17H2. The van der Waals surface area contributed by atoms with Crippen molar-refractivity contribution in [1.82, 2.24) is 10.1 Å². The Morgan fingerprint density at radius 1 is 1.19 bits per heavy atom. The predicted octanol–water partition coefficient (Wildman–Crippen LogP) is 2.63. The molecule has 0 saturated carbocycles. The largest absolute Gasteiger partial charge is 0.396 e. The van der Waals surface area contributed by atoms with Crippen molar-refractivity contribution in [2.45, 2.75) is 37.4 Å². The van der Waals surface area contributed by atoms with Gasteiger partial charge < -0.3 is 15.0 Å². The second kappa shape index (κ2) is 4.49. The fourth-order valence-electron chi connectivity index (χ4n) is 3.13. The first-order valence-electron chi connectivity index (χ1n) is 6.86. The SMILES string of the molecule is Nc1cc(-c2nc(C3CC4CCC3O4)no2)c(F)cc1F. The third-order valence-corrected chi connectivity index (χ3v) is 4.20. The van der Waals surface area contributed by atoms with Crippen molar-refractivity contribution >= 4 is 5.69 Å². The Labute approximate surface area is 119 Å². The zero-order chi connectivity index (χ0) is 14.6. The molecule has 0 radical (unpaired) electrons. The van der Waals surface area contributed by atoms with E-state index in [0.717, 1.165) is 25.3 Å². The number of halogens is 2. The Hall–Kier alpha value is -2.02. The summed E-state index contributed by atoms with van der Waals surface area (Å²) >= 11 is 0. The van der Waals surface area contributed by atoms with Gasteiger partial charge in [0.2, 0.25) is 0 Å².